The Bertz CT molecular complexity index is 1080. The van der Waals surface area contributed by atoms with Crippen molar-refractivity contribution in [3.05, 3.63) is 72.8 Å². The normalized spacial score (nSPS) is 13.1. The van der Waals surface area contributed by atoms with E-state index in [-0.39, 0.29) is 26.4 Å². The molecule has 33 heavy (non-hydrogen) atoms. The lowest BCUT2D eigenvalue weighted by molar-refractivity contribution is 0.0216. The summed E-state index contributed by atoms with van der Waals surface area (Å²) >= 11 is 6.30. The highest BCUT2D eigenvalue weighted by molar-refractivity contribution is 6.31. The molecule has 0 heterocycles. The van der Waals surface area contributed by atoms with E-state index < -0.39 is 12.2 Å². The third-order valence-corrected chi connectivity index (χ3v) is 5.05. The van der Waals surface area contributed by atoms with Crippen molar-refractivity contribution >= 4 is 33.1 Å². The van der Waals surface area contributed by atoms with E-state index in [1.54, 1.807) is 24.3 Å². The topological polar surface area (TPSA) is 77.4 Å². The Balaban J connectivity index is 1.93. The molecule has 2 atom stereocenters. The molecule has 0 radical (unpaired) electrons. The van der Waals surface area contributed by atoms with Crippen molar-refractivity contribution in [1.29, 1.82) is 0 Å². The van der Waals surface area contributed by atoms with Gasteiger partial charge >= 0.3 is 0 Å². The van der Waals surface area contributed by atoms with Crippen LogP contribution in [0.4, 0.5) is 0 Å². The zero-order valence-electron chi connectivity index (χ0n) is 18.4. The van der Waals surface area contributed by atoms with E-state index in [0.717, 1.165) is 21.5 Å². The van der Waals surface area contributed by atoms with Gasteiger partial charge in [-0.2, -0.15) is 0 Å². The molecular formula is C26H29ClO6. The second-order valence-electron chi connectivity index (χ2n) is 7.48. The number of hydrogen-bond donors (Lipinski definition) is 2. The SMILES string of the molecule is C=CCOCC(O)COc1c2ccccc2c(OCC(O)COCC=C)c2cc(Cl)ccc12. The maximum absolute atomic E-state index is 10.2. The largest absolute Gasteiger partial charge is 0.489 e. The number of hydrogen-bond acceptors (Lipinski definition) is 6. The van der Waals surface area contributed by atoms with Crippen LogP contribution in [0.1, 0.15) is 0 Å². The quantitative estimate of drug-likeness (QED) is 0.204. The van der Waals surface area contributed by atoms with Crippen LogP contribution in [0, 0.1) is 0 Å². The number of aliphatic hydroxyl groups is 2. The molecule has 0 bridgehead atoms. The van der Waals surface area contributed by atoms with E-state index in [1.165, 1.54) is 0 Å². The molecule has 0 saturated heterocycles. The lowest BCUT2D eigenvalue weighted by Gasteiger charge is -2.20. The van der Waals surface area contributed by atoms with E-state index in [4.69, 9.17) is 30.5 Å². The first-order valence-electron chi connectivity index (χ1n) is 10.7. The molecule has 3 aromatic carbocycles. The number of halogens is 1. The first-order chi connectivity index (χ1) is 16.0. The first-order valence-corrected chi connectivity index (χ1v) is 11.1. The molecule has 0 aliphatic heterocycles. The van der Waals surface area contributed by atoms with E-state index >= 15 is 0 Å². The average Bonchev–Trinajstić information content (AvgIpc) is 2.81. The summed E-state index contributed by atoms with van der Waals surface area (Å²) in [6, 6.07) is 13.1. The van der Waals surface area contributed by atoms with Crippen LogP contribution in [0.3, 0.4) is 0 Å². The van der Waals surface area contributed by atoms with Gasteiger partial charge in [-0.1, -0.05) is 48.0 Å². The van der Waals surface area contributed by atoms with Crippen LogP contribution in [-0.2, 0) is 9.47 Å². The van der Waals surface area contributed by atoms with Crippen molar-refractivity contribution in [2.45, 2.75) is 12.2 Å². The third-order valence-electron chi connectivity index (χ3n) is 4.82. The second-order valence-corrected chi connectivity index (χ2v) is 7.91. The monoisotopic (exact) mass is 472 g/mol. The highest BCUT2D eigenvalue weighted by Crippen LogP contribution is 2.43. The van der Waals surface area contributed by atoms with Crippen LogP contribution in [-0.4, -0.2) is 62.1 Å². The van der Waals surface area contributed by atoms with E-state index in [9.17, 15) is 10.2 Å². The molecule has 0 aromatic heterocycles. The summed E-state index contributed by atoms with van der Waals surface area (Å²) in [6.45, 7) is 8.27. The zero-order valence-corrected chi connectivity index (χ0v) is 19.2. The minimum atomic E-state index is -0.806. The van der Waals surface area contributed by atoms with Gasteiger partial charge in [0.1, 0.15) is 36.9 Å². The van der Waals surface area contributed by atoms with Gasteiger partial charge in [0.25, 0.3) is 0 Å². The van der Waals surface area contributed by atoms with Crippen molar-refractivity contribution in [3.63, 3.8) is 0 Å². The first kappa shape index (κ1) is 25.0. The Morgan fingerprint density at radius 3 is 1.73 bits per heavy atom. The minimum absolute atomic E-state index is 0.0440. The number of ether oxygens (including phenoxy) is 4. The maximum atomic E-state index is 10.2. The molecule has 0 amide bonds. The molecule has 0 aliphatic rings. The van der Waals surface area contributed by atoms with Gasteiger partial charge in [-0.15, -0.1) is 13.2 Å². The Labute approximate surface area is 198 Å². The van der Waals surface area contributed by atoms with Crippen LogP contribution in [0.2, 0.25) is 5.02 Å². The van der Waals surface area contributed by atoms with E-state index in [2.05, 4.69) is 13.2 Å². The number of benzene rings is 3. The highest BCUT2D eigenvalue weighted by atomic mass is 35.5. The molecule has 176 valence electrons. The summed E-state index contributed by atoms with van der Waals surface area (Å²) in [6.07, 6.45) is 1.64. The Morgan fingerprint density at radius 2 is 1.21 bits per heavy atom. The molecule has 0 spiro atoms. The summed E-state index contributed by atoms with van der Waals surface area (Å²) in [4.78, 5) is 0. The fraction of sp³-hybridized carbons (Fsp3) is 0.308. The van der Waals surface area contributed by atoms with Gasteiger partial charge in [-0.25, -0.2) is 0 Å². The zero-order chi connectivity index (χ0) is 23.6. The fourth-order valence-electron chi connectivity index (χ4n) is 3.41. The van der Waals surface area contributed by atoms with Crippen LogP contribution >= 0.6 is 11.6 Å². The molecule has 3 rings (SSSR count). The molecule has 0 fully saturated rings. The molecule has 7 heteroatoms. The van der Waals surface area contributed by atoms with Crippen LogP contribution < -0.4 is 9.47 Å². The van der Waals surface area contributed by atoms with Crippen LogP contribution in [0.5, 0.6) is 11.5 Å². The van der Waals surface area contributed by atoms with Gasteiger partial charge < -0.3 is 29.2 Å². The Morgan fingerprint density at radius 1 is 0.727 bits per heavy atom. The van der Waals surface area contributed by atoms with Gasteiger partial charge in [0.05, 0.1) is 26.4 Å². The average molecular weight is 473 g/mol. The predicted octanol–water partition coefficient (Wildman–Crippen LogP) is 4.53. The lowest BCUT2D eigenvalue weighted by atomic mass is 10.0. The smallest absolute Gasteiger partial charge is 0.135 e. The van der Waals surface area contributed by atoms with Crippen molar-refractivity contribution in [2.24, 2.45) is 0 Å². The number of fused-ring (bicyclic) bond motifs is 2. The van der Waals surface area contributed by atoms with Crippen LogP contribution in [0.15, 0.2) is 67.8 Å². The van der Waals surface area contributed by atoms with Gasteiger partial charge in [0.2, 0.25) is 0 Å². The standard InChI is InChI=1S/C26H29ClO6/c1-3-11-30-14-19(28)16-32-25-21-7-5-6-8-22(21)26(24-13-18(27)9-10-23(24)25)33-17-20(29)15-31-12-4-2/h3-10,13,19-20,28-29H,1-2,11-12,14-17H2. The van der Waals surface area contributed by atoms with Gasteiger partial charge in [-0.05, 0) is 18.2 Å². The van der Waals surface area contributed by atoms with Crippen molar-refractivity contribution in [1.82, 2.24) is 0 Å². The summed E-state index contributed by atoms with van der Waals surface area (Å²) in [5.74, 6) is 1.20. The van der Waals surface area contributed by atoms with Crippen LogP contribution in [0.25, 0.3) is 21.5 Å². The summed E-state index contributed by atoms with van der Waals surface area (Å²) < 4.78 is 22.8. The van der Waals surface area contributed by atoms with Gasteiger partial charge in [0.15, 0.2) is 0 Å². The van der Waals surface area contributed by atoms with E-state index in [1.807, 2.05) is 30.3 Å². The maximum Gasteiger partial charge on any atom is 0.135 e. The molecule has 2 unspecified atom stereocenters. The minimum Gasteiger partial charge on any atom is -0.489 e. The van der Waals surface area contributed by atoms with Crippen molar-refractivity contribution in [3.8, 4) is 11.5 Å². The molecule has 3 aromatic rings. The Hall–Kier alpha value is -2.61. The second kappa shape index (κ2) is 12.6. The predicted molar refractivity (Wildman–Crippen MR) is 131 cm³/mol. The number of aliphatic hydroxyl groups excluding tert-OH is 2. The molecular weight excluding hydrogens is 444 g/mol. The summed E-state index contributed by atoms with van der Waals surface area (Å²) in [7, 11) is 0. The molecule has 0 aliphatic carbocycles. The third kappa shape index (κ3) is 6.69. The molecule has 2 N–H and O–H groups in total. The van der Waals surface area contributed by atoms with Crippen molar-refractivity contribution < 1.29 is 29.2 Å². The van der Waals surface area contributed by atoms with E-state index in [0.29, 0.717) is 29.7 Å². The van der Waals surface area contributed by atoms with Gasteiger partial charge in [-0.3, -0.25) is 0 Å². The Kier molecular flexibility index (Phi) is 9.54. The number of rotatable bonds is 14. The molecule has 0 saturated carbocycles. The molecule has 6 nitrogen and oxygen atoms in total. The fourth-order valence-corrected chi connectivity index (χ4v) is 3.58. The highest BCUT2D eigenvalue weighted by Gasteiger charge is 2.18. The summed E-state index contributed by atoms with van der Waals surface area (Å²) in [5, 5.41) is 24.2. The van der Waals surface area contributed by atoms with Gasteiger partial charge in [0, 0.05) is 26.6 Å². The summed E-state index contributed by atoms with van der Waals surface area (Å²) in [5.41, 5.74) is 0. The lowest BCUT2D eigenvalue weighted by Crippen LogP contribution is -2.24. The van der Waals surface area contributed by atoms with Crippen molar-refractivity contribution in [2.75, 3.05) is 39.6 Å².